The van der Waals surface area contributed by atoms with Gasteiger partial charge in [-0.25, -0.2) is 4.79 Å². The second-order valence-electron chi connectivity index (χ2n) is 7.79. The van der Waals surface area contributed by atoms with Crippen molar-refractivity contribution in [3.63, 3.8) is 0 Å². The number of imide groups is 1. The van der Waals surface area contributed by atoms with Gasteiger partial charge in [0.25, 0.3) is 5.91 Å². The van der Waals surface area contributed by atoms with Crippen LogP contribution in [0, 0.1) is 5.92 Å². The fourth-order valence-electron chi connectivity index (χ4n) is 3.80. The number of carbonyl (C=O) groups is 3. The Labute approximate surface area is 181 Å². The van der Waals surface area contributed by atoms with Crippen molar-refractivity contribution in [3.05, 3.63) is 70.7 Å². The Balaban J connectivity index is 1.76. The summed E-state index contributed by atoms with van der Waals surface area (Å²) in [5, 5.41) is 6.36. The van der Waals surface area contributed by atoms with Gasteiger partial charge in [-0.3, -0.25) is 14.5 Å². The van der Waals surface area contributed by atoms with E-state index in [9.17, 15) is 14.4 Å². The summed E-state index contributed by atoms with van der Waals surface area (Å²) in [6.45, 7) is 5.48. The Morgan fingerprint density at radius 1 is 1.10 bits per heavy atom. The highest BCUT2D eigenvalue weighted by Crippen LogP contribution is 2.32. The molecular formula is C23H26ClN3O3. The van der Waals surface area contributed by atoms with Crippen LogP contribution >= 0.6 is 11.6 Å². The standard InChI is InChI=1S/C23H26ClN3O3/c1-4-23(17-8-6-5-7-9-17)21(29)27(22(30)26-23)14-19(28)25-20(15(2)3)16-10-12-18(24)13-11-16/h5-13,15,20H,4,14H2,1-3H3,(H,25,28)(H,26,30). The van der Waals surface area contributed by atoms with Crippen LogP contribution < -0.4 is 10.6 Å². The van der Waals surface area contributed by atoms with Crippen LogP contribution in [0.15, 0.2) is 54.6 Å². The fourth-order valence-corrected chi connectivity index (χ4v) is 3.93. The molecule has 158 valence electrons. The molecule has 4 amide bonds. The van der Waals surface area contributed by atoms with Gasteiger partial charge in [-0.1, -0.05) is 74.8 Å². The quantitative estimate of drug-likeness (QED) is 0.655. The first-order chi connectivity index (χ1) is 14.3. The molecule has 30 heavy (non-hydrogen) atoms. The second-order valence-corrected chi connectivity index (χ2v) is 8.22. The van der Waals surface area contributed by atoms with Crippen molar-refractivity contribution in [2.24, 2.45) is 5.92 Å². The van der Waals surface area contributed by atoms with Crippen molar-refractivity contribution >= 4 is 29.4 Å². The molecule has 2 atom stereocenters. The van der Waals surface area contributed by atoms with E-state index >= 15 is 0 Å². The Bertz CT molecular complexity index is 930. The molecule has 2 aromatic rings. The number of nitrogens with zero attached hydrogens (tertiary/aromatic N) is 1. The molecule has 1 saturated heterocycles. The van der Waals surface area contributed by atoms with Crippen LogP contribution in [0.2, 0.25) is 5.02 Å². The molecule has 2 aromatic carbocycles. The molecule has 1 heterocycles. The number of urea groups is 1. The summed E-state index contributed by atoms with van der Waals surface area (Å²) in [6, 6.07) is 15.5. The summed E-state index contributed by atoms with van der Waals surface area (Å²) in [6.07, 6.45) is 0.388. The number of rotatable bonds is 7. The normalized spacial score (nSPS) is 19.7. The minimum Gasteiger partial charge on any atom is -0.347 e. The third-order valence-corrected chi connectivity index (χ3v) is 5.74. The summed E-state index contributed by atoms with van der Waals surface area (Å²) in [5.74, 6) is -0.701. The number of hydrogen-bond acceptors (Lipinski definition) is 3. The maximum atomic E-state index is 13.2. The van der Waals surface area contributed by atoms with Crippen molar-refractivity contribution in [2.45, 2.75) is 38.8 Å². The van der Waals surface area contributed by atoms with E-state index in [0.717, 1.165) is 10.5 Å². The predicted molar refractivity (Wildman–Crippen MR) is 116 cm³/mol. The highest BCUT2D eigenvalue weighted by molar-refractivity contribution is 6.30. The third kappa shape index (κ3) is 4.19. The van der Waals surface area contributed by atoms with Gasteiger partial charge in [-0.2, -0.15) is 0 Å². The monoisotopic (exact) mass is 427 g/mol. The molecule has 1 aliphatic heterocycles. The largest absolute Gasteiger partial charge is 0.347 e. The second kappa shape index (κ2) is 8.88. The van der Waals surface area contributed by atoms with Crippen molar-refractivity contribution in [1.29, 1.82) is 0 Å². The lowest BCUT2D eigenvalue weighted by Crippen LogP contribution is -2.45. The molecule has 7 heteroatoms. The van der Waals surface area contributed by atoms with E-state index in [1.54, 1.807) is 24.3 Å². The summed E-state index contributed by atoms with van der Waals surface area (Å²) >= 11 is 5.96. The molecular weight excluding hydrogens is 402 g/mol. The van der Waals surface area contributed by atoms with Crippen LogP contribution in [0.25, 0.3) is 0 Å². The lowest BCUT2D eigenvalue weighted by atomic mass is 9.87. The van der Waals surface area contributed by atoms with Crippen molar-refractivity contribution < 1.29 is 14.4 Å². The Morgan fingerprint density at radius 3 is 2.30 bits per heavy atom. The molecule has 0 aromatic heterocycles. The van der Waals surface area contributed by atoms with Gasteiger partial charge in [0.05, 0.1) is 6.04 Å². The van der Waals surface area contributed by atoms with Crippen molar-refractivity contribution in [1.82, 2.24) is 15.5 Å². The smallest absolute Gasteiger partial charge is 0.325 e. The summed E-state index contributed by atoms with van der Waals surface area (Å²) in [4.78, 5) is 39.5. The Hall–Kier alpha value is -2.86. The van der Waals surface area contributed by atoms with Gasteiger partial charge in [0, 0.05) is 5.02 Å². The molecule has 3 rings (SSSR count). The third-order valence-electron chi connectivity index (χ3n) is 5.49. The Morgan fingerprint density at radius 2 is 1.73 bits per heavy atom. The van der Waals surface area contributed by atoms with Gasteiger partial charge < -0.3 is 10.6 Å². The molecule has 0 aliphatic carbocycles. The van der Waals surface area contributed by atoms with E-state index in [2.05, 4.69) is 10.6 Å². The molecule has 2 unspecified atom stereocenters. The van der Waals surface area contributed by atoms with E-state index < -0.39 is 23.4 Å². The van der Waals surface area contributed by atoms with Crippen LogP contribution in [0.4, 0.5) is 4.79 Å². The number of halogens is 1. The minimum atomic E-state index is -1.15. The van der Waals surface area contributed by atoms with E-state index in [-0.39, 0.29) is 18.5 Å². The molecule has 0 bridgehead atoms. The van der Waals surface area contributed by atoms with E-state index in [0.29, 0.717) is 17.0 Å². The highest BCUT2D eigenvalue weighted by atomic mass is 35.5. The SMILES string of the molecule is CCC1(c2ccccc2)NC(=O)N(CC(=O)NC(c2ccc(Cl)cc2)C(C)C)C1=O. The lowest BCUT2D eigenvalue weighted by Gasteiger charge is -2.26. The molecule has 6 nitrogen and oxygen atoms in total. The number of hydrogen-bond donors (Lipinski definition) is 2. The van der Waals surface area contributed by atoms with E-state index in [4.69, 9.17) is 11.6 Å². The zero-order valence-corrected chi connectivity index (χ0v) is 18.1. The van der Waals surface area contributed by atoms with Gasteiger partial charge in [0.2, 0.25) is 5.91 Å². The average molecular weight is 428 g/mol. The van der Waals surface area contributed by atoms with Gasteiger partial charge in [-0.15, -0.1) is 0 Å². The summed E-state index contributed by atoms with van der Waals surface area (Å²) < 4.78 is 0. The topological polar surface area (TPSA) is 78.5 Å². The molecule has 0 radical (unpaired) electrons. The van der Waals surface area contributed by atoms with Crippen LogP contribution in [0.3, 0.4) is 0 Å². The van der Waals surface area contributed by atoms with E-state index in [1.807, 2.05) is 51.1 Å². The zero-order chi connectivity index (χ0) is 21.9. The number of amides is 4. The molecule has 0 saturated carbocycles. The first kappa shape index (κ1) is 21.8. The first-order valence-electron chi connectivity index (χ1n) is 10.0. The summed E-state index contributed by atoms with van der Waals surface area (Å²) in [7, 11) is 0. The van der Waals surface area contributed by atoms with Crippen LogP contribution in [-0.4, -0.2) is 29.3 Å². The molecule has 0 spiro atoms. The van der Waals surface area contributed by atoms with Crippen LogP contribution in [-0.2, 0) is 15.1 Å². The van der Waals surface area contributed by atoms with Gasteiger partial charge in [0.15, 0.2) is 0 Å². The summed E-state index contributed by atoms with van der Waals surface area (Å²) in [5.41, 5.74) is 0.466. The maximum Gasteiger partial charge on any atom is 0.325 e. The predicted octanol–water partition coefficient (Wildman–Crippen LogP) is 4.01. The molecule has 2 N–H and O–H groups in total. The number of benzene rings is 2. The number of carbonyl (C=O) groups excluding carboxylic acids is 3. The minimum absolute atomic E-state index is 0.109. The van der Waals surface area contributed by atoms with Gasteiger partial charge >= 0.3 is 6.03 Å². The number of nitrogens with one attached hydrogen (secondary N) is 2. The van der Waals surface area contributed by atoms with Gasteiger partial charge in [0.1, 0.15) is 12.1 Å². The highest BCUT2D eigenvalue weighted by Gasteiger charge is 2.51. The average Bonchev–Trinajstić information content (AvgIpc) is 2.98. The maximum absolute atomic E-state index is 13.2. The first-order valence-corrected chi connectivity index (χ1v) is 10.4. The van der Waals surface area contributed by atoms with Crippen LogP contribution in [0.5, 0.6) is 0 Å². The lowest BCUT2D eigenvalue weighted by molar-refractivity contribution is -0.135. The molecule has 1 fully saturated rings. The van der Waals surface area contributed by atoms with Crippen LogP contribution in [0.1, 0.15) is 44.4 Å². The Kier molecular flexibility index (Phi) is 6.46. The fraction of sp³-hybridized carbons (Fsp3) is 0.348. The van der Waals surface area contributed by atoms with Crippen molar-refractivity contribution in [3.8, 4) is 0 Å². The zero-order valence-electron chi connectivity index (χ0n) is 17.3. The van der Waals surface area contributed by atoms with E-state index in [1.165, 1.54) is 0 Å². The van der Waals surface area contributed by atoms with Gasteiger partial charge in [-0.05, 0) is 35.6 Å². The van der Waals surface area contributed by atoms with Crippen molar-refractivity contribution in [2.75, 3.05) is 6.54 Å². The molecule has 1 aliphatic rings.